The van der Waals surface area contributed by atoms with E-state index in [0.29, 0.717) is 9.76 Å². The Morgan fingerprint density at radius 2 is 1.29 bits per heavy atom. The summed E-state index contributed by atoms with van der Waals surface area (Å²) in [5.74, 6) is 0. The van der Waals surface area contributed by atoms with Gasteiger partial charge in [0.25, 0.3) is 0 Å². The van der Waals surface area contributed by atoms with Crippen LogP contribution in [0.25, 0.3) is 0 Å². The summed E-state index contributed by atoms with van der Waals surface area (Å²) >= 11 is 0. The highest BCUT2D eigenvalue weighted by Crippen LogP contribution is 2.52. The molecule has 7 heteroatoms. The molecule has 1 N–H and O–H groups in total. The van der Waals surface area contributed by atoms with E-state index in [1.807, 2.05) is 0 Å². The standard InChI is InChI=1S/C21H49NO2Si4/c1-10-18(11-2,23-28-20(14-5,15-6)22-25)19(12-3,13-4)27-24-21(16-7,17-8)26-9/h22H,10-17,28H2,1-9,25H3. The first-order chi connectivity index (χ1) is 13.3. The van der Waals surface area contributed by atoms with Crippen molar-refractivity contribution in [1.82, 2.24) is 4.98 Å². The lowest BCUT2D eigenvalue weighted by Gasteiger charge is -2.51. The lowest BCUT2D eigenvalue weighted by Crippen LogP contribution is -2.56. The number of rotatable bonds is 17. The van der Waals surface area contributed by atoms with Gasteiger partial charge >= 0.3 is 0 Å². The summed E-state index contributed by atoms with van der Waals surface area (Å²) in [6.07, 6.45) is 9.00. The molecule has 0 saturated carbocycles. The van der Waals surface area contributed by atoms with Crippen molar-refractivity contribution in [3.05, 3.63) is 0 Å². The third kappa shape index (κ3) is 6.14. The van der Waals surface area contributed by atoms with E-state index in [2.05, 4.69) is 66.9 Å². The van der Waals surface area contributed by atoms with Crippen molar-refractivity contribution in [3.8, 4) is 0 Å². The Labute approximate surface area is 187 Å². The molecular formula is C21H49NO2Si4. The van der Waals surface area contributed by atoms with Crippen molar-refractivity contribution in [2.24, 2.45) is 0 Å². The Morgan fingerprint density at radius 1 is 0.786 bits per heavy atom. The maximum atomic E-state index is 7.11. The lowest BCUT2D eigenvalue weighted by molar-refractivity contribution is -0.00766. The van der Waals surface area contributed by atoms with Gasteiger partial charge in [0.2, 0.25) is 9.76 Å². The average molecular weight is 460 g/mol. The van der Waals surface area contributed by atoms with Gasteiger partial charge in [0, 0.05) is 15.4 Å². The van der Waals surface area contributed by atoms with Gasteiger partial charge in [-0.05, 0) is 51.4 Å². The smallest absolute Gasteiger partial charge is 0.239 e. The molecule has 0 heterocycles. The minimum Gasteiger partial charge on any atom is -0.416 e. The van der Waals surface area contributed by atoms with E-state index in [1.165, 1.54) is 12.8 Å². The Kier molecular flexibility index (Phi) is 13.6. The molecule has 0 aliphatic heterocycles. The third-order valence-corrected chi connectivity index (χ3v) is 16.1. The number of nitrogens with one attached hydrogen (secondary N) is 1. The molecule has 0 aliphatic rings. The van der Waals surface area contributed by atoms with Crippen LogP contribution in [0.1, 0.15) is 107 Å². The van der Waals surface area contributed by atoms with Crippen molar-refractivity contribution in [3.63, 3.8) is 0 Å². The van der Waals surface area contributed by atoms with Gasteiger partial charge in [0.1, 0.15) is 0 Å². The second-order valence-corrected chi connectivity index (χ2v) is 13.4. The van der Waals surface area contributed by atoms with E-state index in [9.17, 15) is 0 Å². The maximum Gasteiger partial charge on any atom is 0.239 e. The Morgan fingerprint density at radius 3 is 1.57 bits per heavy atom. The van der Waals surface area contributed by atoms with Crippen molar-refractivity contribution in [2.75, 3.05) is 0 Å². The van der Waals surface area contributed by atoms with E-state index >= 15 is 0 Å². The molecule has 0 aromatic carbocycles. The minimum atomic E-state index is -0.699. The van der Waals surface area contributed by atoms with Crippen molar-refractivity contribution >= 4 is 39.4 Å². The van der Waals surface area contributed by atoms with Gasteiger partial charge in [-0.2, -0.15) is 0 Å². The van der Waals surface area contributed by atoms with Gasteiger partial charge in [0.15, 0.2) is 9.76 Å². The fraction of sp³-hybridized carbons (Fsp3) is 1.00. The SMILES string of the molecule is CCC(CC)(O[Si]C(CC)(CC)C(CC)(CC)O[SiH2]C(CC)(CC)N[SiH3])[Si]C. The molecule has 0 atom stereocenters. The predicted octanol–water partition coefficient (Wildman–Crippen LogP) is 3.92. The molecule has 0 aliphatic carbocycles. The maximum absolute atomic E-state index is 7.11. The van der Waals surface area contributed by atoms with Crippen LogP contribution in [-0.4, -0.2) is 55.4 Å². The molecule has 0 saturated heterocycles. The molecule has 28 heavy (non-hydrogen) atoms. The summed E-state index contributed by atoms with van der Waals surface area (Å²) < 4.78 is 13.9. The second kappa shape index (κ2) is 13.2. The Bertz CT molecular complexity index is 353. The van der Waals surface area contributed by atoms with Gasteiger partial charge in [0.05, 0.1) is 25.5 Å². The summed E-state index contributed by atoms with van der Waals surface area (Å²) in [4.78, 5) is 3.75. The molecule has 4 radical (unpaired) electrons. The molecule has 0 unspecified atom stereocenters. The highest BCUT2D eigenvalue weighted by molar-refractivity contribution is 6.41. The Hall–Kier alpha value is 0.748. The first kappa shape index (κ1) is 28.7. The molecule has 166 valence electrons. The summed E-state index contributed by atoms with van der Waals surface area (Å²) in [6.45, 7) is 20.9. The van der Waals surface area contributed by atoms with Crippen molar-refractivity contribution in [1.29, 1.82) is 0 Å². The van der Waals surface area contributed by atoms with Crippen LogP contribution < -0.4 is 4.98 Å². The van der Waals surface area contributed by atoms with Crippen molar-refractivity contribution in [2.45, 2.75) is 134 Å². The molecule has 0 spiro atoms. The molecule has 0 amide bonds. The van der Waals surface area contributed by atoms with Crippen LogP contribution in [-0.2, 0) is 8.85 Å². The average Bonchev–Trinajstić information content (AvgIpc) is 2.77. The molecule has 0 fully saturated rings. The second-order valence-electron chi connectivity index (χ2n) is 8.17. The molecule has 0 aromatic rings. The highest BCUT2D eigenvalue weighted by Gasteiger charge is 2.50. The summed E-state index contributed by atoms with van der Waals surface area (Å²) in [6, 6.07) is 0. The van der Waals surface area contributed by atoms with Crippen LogP contribution in [0.3, 0.4) is 0 Å². The monoisotopic (exact) mass is 459 g/mol. The van der Waals surface area contributed by atoms with Crippen molar-refractivity contribution < 1.29 is 8.85 Å². The molecule has 0 bridgehead atoms. The van der Waals surface area contributed by atoms with Crippen LogP contribution in [0.4, 0.5) is 0 Å². The summed E-state index contributed by atoms with van der Waals surface area (Å²) in [5, 5.41) is 0.448. The van der Waals surface area contributed by atoms with Crippen LogP contribution in [0.2, 0.25) is 11.6 Å². The van der Waals surface area contributed by atoms with Gasteiger partial charge in [-0.25, -0.2) is 0 Å². The largest absolute Gasteiger partial charge is 0.416 e. The molecule has 3 nitrogen and oxygen atoms in total. The van der Waals surface area contributed by atoms with E-state index in [-0.39, 0.29) is 21.0 Å². The fourth-order valence-electron chi connectivity index (χ4n) is 4.55. The van der Waals surface area contributed by atoms with Crippen LogP contribution in [0, 0.1) is 0 Å². The van der Waals surface area contributed by atoms with Gasteiger partial charge in [-0.3, -0.25) is 0 Å². The van der Waals surface area contributed by atoms with Gasteiger partial charge in [-0.15, -0.1) is 0 Å². The molecule has 0 aromatic heterocycles. The van der Waals surface area contributed by atoms with Gasteiger partial charge in [-0.1, -0.05) is 61.9 Å². The fourth-order valence-corrected chi connectivity index (χ4v) is 10.5. The first-order valence-corrected chi connectivity index (χ1v) is 16.4. The van der Waals surface area contributed by atoms with Gasteiger partial charge < -0.3 is 13.8 Å². The number of hydrogen-bond acceptors (Lipinski definition) is 3. The van der Waals surface area contributed by atoms with E-state index in [0.717, 1.165) is 58.4 Å². The normalized spacial score (nSPS) is 14.5. The number of hydrogen-bond donors (Lipinski definition) is 1. The minimum absolute atomic E-state index is 0.0563. The third-order valence-electron chi connectivity index (χ3n) is 7.77. The predicted molar refractivity (Wildman–Crippen MR) is 134 cm³/mol. The van der Waals surface area contributed by atoms with Crippen LogP contribution >= 0.6 is 0 Å². The zero-order chi connectivity index (χ0) is 21.9. The topological polar surface area (TPSA) is 30.5 Å². The first-order valence-electron chi connectivity index (χ1n) is 11.7. The van der Waals surface area contributed by atoms with E-state index < -0.39 is 9.76 Å². The Balaban J connectivity index is 5.83. The quantitative estimate of drug-likeness (QED) is 0.334. The van der Waals surface area contributed by atoms with Crippen LogP contribution in [0.5, 0.6) is 0 Å². The summed E-state index contributed by atoms with van der Waals surface area (Å²) in [5.41, 5.74) is -0.0563. The zero-order valence-electron chi connectivity index (χ0n) is 20.7. The van der Waals surface area contributed by atoms with E-state index in [4.69, 9.17) is 8.85 Å². The zero-order valence-corrected chi connectivity index (χ0v) is 26.1. The summed E-state index contributed by atoms with van der Waals surface area (Å²) in [7, 11) is 1.69. The van der Waals surface area contributed by atoms with E-state index in [1.54, 1.807) is 0 Å². The highest BCUT2D eigenvalue weighted by atomic mass is 28.2. The lowest BCUT2D eigenvalue weighted by atomic mass is 9.78. The van der Waals surface area contributed by atoms with Crippen LogP contribution in [0.15, 0.2) is 0 Å². The molecular weight excluding hydrogens is 411 g/mol. The molecule has 0 rings (SSSR count).